The number of H-pyrrole nitrogens is 1. The summed E-state index contributed by atoms with van der Waals surface area (Å²) < 4.78 is 29.1. The molecule has 0 spiro atoms. The molecule has 0 unspecified atom stereocenters. The van der Waals surface area contributed by atoms with Crippen LogP contribution in [0, 0.1) is 0 Å². The summed E-state index contributed by atoms with van der Waals surface area (Å²) >= 11 is 0. The molecule has 2 aliphatic rings. The number of carbonyl (C=O) groups is 2. The van der Waals surface area contributed by atoms with Crippen LogP contribution in [0.15, 0.2) is 18.2 Å². The monoisotopic (exact) mass is 446 g/mol. The number of aryl methyl sites for hydroxylation is 2. The van der Waals surface area contributed by atoms with Gasteiger partial charge in [0.2, 0.25) is 0 Å². The molecule has 1 aliphatic carbocycles. The zero-order valence-corrected chi connectivity index (χ0v) is 19.0. The zero-order chi connectivity index (χ0) is 22.2. The van der Waals surface area contributed by atoms with Crippen molar-refractivity contribution in [2.75, 3.05) is 18.1 Å². The van der Waals surface area contributed by atoms with Gasteiger partial charge < -0.3 is 14.6 Å². The molecular weight excluding hydrogens is 416 g/mol. The molecule has 1 aromatic heterocycles. The molecule has 7 nitrogen and oxygen atoms in total. The van der Waals surface area contributed by atoms with Crippen molar-refractivity contribution >= 4 is 32.6 Å². The normalized spacial score (nSPS) is 20.9. The fourth-order valence-electron chi connectivity index (χ4n) is 4.82. The van der Waals surface area contributed by atoms with Crippen LogP contribution >= 0.6 is 0 Å². The summed E-state index contributed by atoms with van der Waals surface area (Å²) in [6.07, 6.45) is 5.48. The largest absolute Gasteiger partial charge is 0.452 e. The van der Waals surface area contributed by atoms with E-state index in [4.69, 9.17) is 4.74 Å². The van der Waals surface area contributed by atoms with E-state index in [1.165, 1.54) is 17.7 Å². The van der Waals surface area contributed by atoms with Crippen LogP contribution < -0.4 is 0 Å². The number of fused-ring (bicyclic) bond motifs is 3. The summed E-state index contributed by atoms with van der Waals surface area (Å²) in [4.78, 5) is 30.6. The van der Waals surface area contributed by atoms with Gasteiger partial charge in [0.25, 0.3) is 5.91 Å². The van der Waals surface area contributed by atoms with Gasteiger partial charge in [0.15, 0.2) is 16.4 Å². The summed E-state index contributed by atoms with van der Waals surface area (Å²) in [6, 6.07) is 4.98. The van der Waals surface area contributed by atoms with Crippen molar-refractivity contribution in [3.05, 3.63) is 35.0 Å². The van der Waals surface area contributed by atoms with E-state index in [1.54, 1.807) is 11.0 Å². The van der Waals surface area contributed by atoms with Crippen LogP contribution in [0.25, 0.3) is 10.9 Å². The van der Waals surface area contributed by atoms with Gasteiger partial charge in [-0.1, -0.05) is 6.92 Å². The lowest BCUT2D eigenvalue weighted by Gasteiger charge is -2.33. The average Bonchev–Trinajstić information content (AvgIpc) is 3.30. The fourth-order valence-corrected chi connectivity index (χ4v) is 6.53. The third-order valence-electron chi connectivity index (χ3n) is 6.62. The Hall–Kier alpha value is -2.35. The molecule has 1 saturated heterocycles. The number of aromatic amines is 1. The Balaban J connectivity index is 1.46. The van der Waals surface area contributed by atoms with Crippen LogP contribution in [-0.2, 0) is 32.2 Å². The number of carbonyl (C=O) groups excluding carboxylic acids is 2. The van der Waals surface area contributed by atoms with E-state index in [-0.39, 0.29) is 36.1 Å². The van der Waals surface area contributed by atoms with E-state index < -0.39 is 15.8 Å². The highest BCUT2D eigenvalue weighted by Gasteiger charge is 2.36. The van der Waals surface area contributed by atoms with Crippen molar-refractivity contribution in [3.63, 3.8) is 0 Å². The van der Waals surface area contributed by atoms with Crippen LogP contribution in [0.5, 0.6) is 0 Å². The molecule has 0 saturated carbocycles. The maximum atomic E-state index is 12.9. The Bertz CT molecular complexity index is 1100. The van der Waals surface area contributed by atoms with E-state index in [2.05, 4.69) is 4.98 Å². The van der Waals surface area contributed by atoms with Crippen LogP contribution in [0.4, 0.5) is 0 Å². The first-order valence-electron chi connectivity index (χ1n) is 11.1. The van der Waals surface area contributed by atoms with E-state index >= 15 is 0 Å². The Morgan fingerprint density at radius 2 is 2.03 bits per heavy atom. The van der Waals surface area contributed by atoms with Gasteiger partial charge in [-0.2, -0.15) is 0 Å². The van der Waals surface area contributed by atoms with Gasteiger partial charge in [-0.15, -0.1) is 0 Å². The van der Waals surface area contributed by atoms with Crippen LogP contribution in [-0.4, -0.2) is 60.4 Å². The van der Waals surface area contributed by atoms with Gasteiger partial charge in [0.1, 0.15) is 0 Å². The number of sulfone groups is 1. The number of hydrogen-bond acceptors (Lipinski definition) is 5. The molecule has 1 fully saturated rings. The molecule has 2 aromatic rings. The SMILES string of the molecule is CC[C@@H](C)N(C(=O)COC(=O)c1ccc2[nH]c3c(c2c1)CCCC3)[C@H]1CCS(=O)(=O)C1. The third kappa shape index (κ3) is 4.49. The average molecular weight is 447 g/mol. The first-order chi connectivity index (χ1) is 14.8. The minimum atomic E-state index is -3.12. The quantitative estimate of drug-likeness (QED) is 0.688. The number of hydrogen-bond donors (Lipinski definition) is 1. The number of ether oxygens (including phenoxy) is 1. The second kappa shape index (κ2) is 8.65. The van der Waals surface area contributed by atoms with E-state index in [0.717, 1.165) is 30.2 Å². The number of amides is 1. The first kappa shape index (κ1) is 21.9. The molecule has 2 atom stereocenters. The molecule has 1 amide bonds. The highest BCUT2D eigenvalue weighted by Crippen LogP contribution is 2.30. The number of rotatable bonds is 6. The van der Waals surface area contributed by atoms with Crippen molar-refractivity contribution in [2.45, 2.75) is 64.5 Å². The minimum Gasteiger partial charge on any atom is -0.452 e. The van der Waals surface area contributed by atoms with Crippen molar-refractivity contribution in [1.82, 2.24) is 9.88 Å². The minimum absolute atomic E-state index is 0.0215. The molecule has 1 aromatic carbocycles. The smallest absolute Gasteiger partial charge is 0.338 e. The number of esters is 1. The first-order valence-corrected chi connectivity index (χ1v) is 12.9. The molecule has 8 heteroatoms. The molecule has 0 bridgehead atoms. The zero-order valence-electron chi connectivity index (χ0n) is 18.1. The van der Waals surface area contributed by atoms with Crippen molar-refractivity contribution in [2.24, 2.45) is 0 Å². The Kier molecular flexibility index (Phi) is 6.10. The number of benzene rings is 1. The fraction of sp³-hybridized carbons (Fsp3) is 0.565. The highest BCUT2D eigenvalue weighted by molar-refractivity contribution is 7.91. The summed E-state index contributed by atoms with van der Waals surface area (Å²) in [5.41, 5.74) is 3.96. The summed E-state index contributed by atoms with van der Waals surface area (Å²) in [7, 11) is -3.12. The summed E-state index contributed by atoms with van der Waals surface area (Å²) in [5.74, 6) is -0.806. The third-order valence-corrected chi connectivity index (χ3v) is 8.37. The second-order valence-corrected chi connectivity index (χ2v) is 11.0. The van der Waals surface area contributed by atoms with Gasteiger partial charge in [0.05, 0.1) is 17.1 Å². The predicted molar refractivity (Wildman–Crippen MR) is 119 cm³/mol. The van der Waals surface area contributed by atoms with E-state index in [1.807, 2.05) is 26.0 Å². The standard InChI is InChI=1S/C23H30N2O5S/c1-3-15(2)25(17-10-11-31(28,29)14-17)22(26)13-30-23(27)16-8-9-21-19(12-16)18-6-4-5-7-20(18)24-21/h8-9,12,15,17,24H,3-7,10-11,13-14H2,1-2H3/t15-,17+/m1/s1. The number of nitrogens with zero attached hydrogens (tertiary/aromatic N) is 1. The van der Waals surface area contributed by atoms with E-state index in [0.29, 0.717) is 18.4 Å². The molecule has 1 aliphatic heterocycles. The van der Waals surface area contributed by atoms with Gasteiger partial charge in [-0.25, -0.2) is 13.2 Å². The van der Waals surface area contributed by atoms with Gasteiger partial charge >= 0.3 is 5.97 Å². The van der Waals surface area contributed by atoms with Crippen LogP contribution in [0.2, 0.25) is 0 Å². The lowest BCUT2D eigenvalue weighted by Crippen LogP contribution is -2.48. The Morgan fingerprint density at radius 1 is 1.26 bits per heavy atom. The number of nitrogens with one attached hydrogen (secondary N) is 1. The lowest BCUT2D eigenvalue weighted by atomic mass is 9.95. The molecule has 0 radical (unpaired) electrons. The molecular formula is C23H30N2O5S. The highest BCUT2D eigenvalue weighted by atomic mass is 32.2. The molecule has 1 N–H and O–H groups in total. The van der Waals surface area contributed by atoms with Crippen molar-refractivity contribution in [1.29, 1.82) is 0 Å². The van der Waals surface area contributed by atoms with E-state index in [9.17, 15) is 18.0 Å². The molecule has 168 valence electrons. The number of aromatic nitrogens is 1. The Labute approximate surface area is 183 Å². The van der Waals surface area contributed by atoms with Crippen LogP contribution in [0.3, 0.4) is 0 Å². The van der Waals surface area contributed by atoms with Crippen molar-refractivity contribution in [3.8, 4) is 0 Å². The molecule has 4 rings (SSSR count). The van der Waals surface area contributed by atoms with Crippen LogP contribution in [0.1, 0.15) is 61.1 Å². The Morgan fingerprint density at radius 3 is 2.74 bits per heavy atom. The van der Waals surface area contributed by atoms with Crippen molar-refractivity contribution < 1.29 is 22.7 Å². The maximum absolute atomic E-state index is 12.9. The second-order valence-electron chi connectivity index (χ2n) is 8.74. The molecule has 2 heterocycles. The summed E-state index contributed by atoms with van der Waals surface area (Å²) in [5, 5.41) is 1.05. The maximum Gasteiger partial charge on any atom is 0.338 e. The topological polar surface area (TPSA) is 96.5 Å². The van der Waals surface area contributed by atoms with Gasteiger partial charge in [0, 0.05) is 28.7 Å². The van der Waals surface area contributed by atoms with Gasteiger partial charge in [-0.3, -0.25) is 4.79 Å². The summed E-state index contributed by atoms with van der Waals surface area (Å²) in [6.45, 7) is 3.46. The molecule has 31 heavy (non-hydrogen) atoms. The predicted octanol–water partition coefficient (Wildman–Crippen LogP) is 3.02. The lowest BCUT2D eigenvalue weighted by molar-refractivity contribution is -0.138. The van der Waals surface area contributed by atoms with Gasteiger partial charge in [-0.05, 0) is 69.2 Å².